The van der Waals surface area contributed by atoms with Gasteiger partial charge in [0.1, 0.15) is 22.4 Å². The summed E-state index contributed by atoms with van der Waals surface area (Å²) in [6.07, 6.45) is 4.79. The molecule has 2 N–H and O–H groups in total. The van der Waals surface area contributed by atoms with E-state index in [0.717, 1.165) is 11.4 Å². The van der Waals surface area contributed by atoms with Gasteiger partial charge in [0.2, 0.25) is 0 Å². The molecule has 0 saturated carbocycles. The summed E-state index contributed by atoms with van der Waals surface area (Å²) >= 11 is 3.37. The van der Waals surface area contributed by atoms with E-state index in [-0.39, 0.29) is 0 Å². The third kappa shape index (κ3) is 2.16. The molecule has 0 aliphatic heterocycles. The first-order valence-electron chi connectivity index (χ1n) is 4.66. The van der Waals surface area contributed by atoms with E-state index in [1.807, 2.05) is 18.0 Å². The van der Waals surface area contributed by atoms with Crippen LogP contribution < -0.4 is 10.6 Å². The molecule has 2 aromatic rings. The lowest BCUT2D eigenvalue weighted by Gasteiger charge is -2.18. The van der Waals surface area contributed by atoms with E-state index in [1.54, 1.807) is 12.5 Å². The summed E-state index contributed by atoms with van der Waals surface area (Å²) in [5, 5.41) is 0. The average molecular weight is 283 g/mol. The fourth-order valence-corrected chi connectivity index (χ4v) is 1.88. The lowest BCUT2D eigenvalue weighted by molar-refractivity contribution is 0.563. The number of aromatic nitrogens is 2. The molecule has 84 valence electrons. The van der Waals surface area contributed by atoms with Gasteiger partial charge in [-0.2, -0.15) is 0 Å². The highest BCUT2D eigenvalue weighted by Crippen LogP contribution is 2.27. The molecule has 0 aliphatic carbocycles. The van der Waals surface area contributed by atoms with Gasteiger partial charge in [0.05, 0.1) is 12.5 Å². The van der Waals surface area contributed by atoms with Crippen LogP contribution in [0.3, 0.4) is 0 Å². The molecule has 5 nitrogen and oxygen atoms in total. The van der Waals surface area contributed by atoms with E-state index >= 15 is 0 Å². The average Bonchev–Trinajstić information content (AvgIpc) is 2.74. The standard InChI is InChI=1S/C10H11BrN4O/c1-15(4-7-2-3-16-5-7)10-8(11)9(12)13-6-14-10/h2-3,5-6H,4H2,1H3,(H2,12,13,14). The maximum Gasteiger partial charge on any atom is 0.148 e. The van der Waals surface area contributed by atoms with Crippen LogP contribution in [0.5, 0.6) is 0 Å². The molecule has 6 heteroatoms. The molecule has 16 heavy (non-hydrogen) atoms. The SMILES string of the molecule is CN(Cc1ccoc1)c1ncnc(N)c1Br. The summed E-state index contributed by atoms with van der Waals surface area (Å²) in [5.41, 5.74) is 6.76. The van der Waals surface area contributed by atoms with Crippen LogP contribution in [0.15, 0.2) is 33.8 Å². The highest BCUT2D eigenvalue weighted by Gasteiger charge is 2.11. The highest BCUT2D eigenvalue weighted by atomic mass is 79.9. The van der Waals surface area contributed by atoms with Crippen molar-refractivity contribution in [1.82, 2.24) is 9.97 Å². The Hall–Kier alpha value is -1.56. The van der Waals surface area contributed by atoms with E-state index in [0.29, 0.717) is 16.8 Å². The zero-order chi connectivity index (χ0) is 11.5. The van der Waals surface area contributed by atoms with E-state index in [4.69, 9.17) is 10.2 Å². The number of nitrogens with zero attached hydrogens (tertiary/aromatic N) is 3. The second-order valence-corrected chi connectivity index (χ2v) is 4.18. The Morgan fingerprint density at radius 1 is 1.50 bits per heavy atom. The summed E-state index contributed by atoms with van der Waals surface area (Å²) < 4.78 is 5.72. The lowest BCUT2D eigenvalue weighted by Crippen LogP contribution is -2.18. The minimum Gasteiger partial charge on any atom is -0.472 e. The summed E-state index contributed by atoms with van der Waals surface area (Å²) in [6, 6.07) is 1.91. The highest BCUT2D eigenvalue weighted by molar-refractivity contribution is 9.10. The number of hydrogen-bond acceptors (Lipinski definition) is 5. The largest absolute Gasteiger partial charge is 0.472 e. The molecule has 0 aliphatic rings. The predicted octanol–water partition coefficient (Wildman–Crippen LogP) is 2.05. The van der Waals surface area contributed by atoms with Crippen LogP contribution in [0.2, 0.25) is 0 Å². The van der Waals surface area contributed by atoms with Gasteiger partial charge in [-0.15, -0.1) is 0 Å². The second kappa shape index (κ2) is 4.52. The van der Waals surface area contributed by atoms with E-state index < -0.39 is 0 Å². The number of anilines is 2. The van der Waals surface area contributed by atoms with Crippen LogP contribution in [-0.4, -0.2) is 17.0 Å². The second-order valence-electron chi connectivity index (χ2n) is 3.38. The topological polar surface area (TPSA) is 68.2 Å². The first-order chi connectivity index (χ1) is 7.68. The third-order valence-corrected chi connectivity index (χ3v) is 2.92. The molecule has 2 heterocycles. The van der Waals surface area contributed by atoms with Crippen molar-refractivity contribution in [2.24, 2.45) is 0 Å². The van der Waals surface area contributed by atoms with E-state index in [9.17, 15) is 0 Å². The van der Waals surface area contributed by atoms with Gasteiger partial charge in [-0.1, -0.05) is 0 Å². The quantitative estimate of drug-likeness (QED) is 0.933. The number of furan rings is 1. The van der Waals surface area contributed by atoms with Crippen LogP contribution in [0.1, 0.15) is 5.56 Å². The van der Waals surface area contributed by atoms with Crippen LogP contribution in [0.4, 0.5) is 11.6 Å². The summed E-state index contributed by atoms with van der Waals surface area (Å²) in [6.45, 7) is 0.700. The van der Waals surface area contributed by atoms with Gasteiger partial charge in [0.25, 0.3) is 0 Å². The Morgan fingerprint density at radius 2 is 2.31 bits per heavy atom. The van der Waals surface area contributed by atoms with Crippen molar-refractivity contribution >= 4 is 27.6 Å². The van der Waals surface area contributed by atoms with Crippen LogP contribution in [0, 0.1) is 0 Å². The van der Waals surface area contributed by atoms with Crippen molar-refractivity contribution < 1.29 is 4.42 Å². The first kappa shape index (κ1) is 10.9. The molecular formula is C10H11BrN4O. The Bertz CT molecular complexity index is 472. The number of halogens is 1. The smallest absolute Gasteiger partial charge is 0.148 e. The van der Waals surface area contributed by atoms with Crippen LogP contribution >= 0.6 is 15.9 Å². The molecule has 0 atom stereocenters. The van der Waals surface area contributed by atoms with Crippen LogP contribution in [-0.2, 0) is 6.54 Å². The first-order valence-corrected chi connectivity index (χ1v) is 5.46. The Kier molecular flexibility index (Phi) is 3.09. The summed E-state index contributed by atoms with van der Waals surface area (Å²) in [5.74, 6) is 1.19. The Labute approximate surface area is 101 Å². The third-order valence-electron chi connectivity index (χ3n) is 2.16. The fraction of sp³-hybridized carbons (Fsp3) is 0.200. The van der Waals surface area contributed by atoms with Crippen molar-refractivity contribution in [3.8, 4) is 0 Å². The molecule has 0 amide bonds. The molecule has 0 fully saturated rings. The van der Waals surface area contributed by atoms with Gasteiger partial charge < -0.3 is 15.1 Å². The van der Waals surface area contributed by atoms with E-state index in [2.05, 4.69) is 25.9 Å². The monoisotopic (exact) mass is 282 g/mol. The fourth-order valence-electron chi connectivity index (χ4n) is 1.37. The van der Waals surface area contributed by atoms with Crippen molar-refractivity contribution in [2.75, 3.05) is 17.7 Å². The lowest BCUT2D eigenvalue weighted by atomic mass is 10.3. The molecule has 0 spiro atoms. The molecular weight excluding hydrogens is 272 g/mol. The minimum atomic E-state index is 0.434. The van der Waals surface area contributed by atoms with Gasteiger partial charge in [-0.05, 0) is 22.0 Å². The predicted molar refractivity (Wildman–Crippen MR) is 65.0 cm³/mol. The van der Waals surface area contributed by atoms with Crippen molar-refractivity contribution in [3.63, 3.8) is 0 Å². The molecule has 0 radical (unpaired) electrons. The van der Waals surface area contributed by atoms with Crippen molar-refractivity contribution in [2.45, 2.75) is 6.54 Å². The number of nitrogen functional groups attached to an aromatic ring is 1. The summed E-state index contributed by atoms with van der Waals surface area (Å²) in [4.78, 5) is 10.0. The van der Waals surface area contributed by atoms with Crippen molar-refractivity contribution in [1.29, 1.82) is 0 Å². The molecule has 0 saturated heterocycles. The normalized spacial score (nSPS) is 10.4. The summed E-state index contributed by atoms with van der Waals surface area (Å²) in [7, 11) is 1.93. The molecule has 2 aromatic heterocycles. The van der Waals surface area contributed by atoms with Gasteiger partial charge in [0.15, 0.2) is 0 Å². The van der Waals surface area contributed by atoms with Crippen molar-refractivity contribution in [3.05, 3.63) is 35.0 Å². The molecule has 0 unspecified atom stereocenters. The Morgan fingerprint density at radius 3 is 3.00 bits per heavy atom. The zero-order valence-electron chi connectivity index (χ0n) is 8.72. The molecule has 0 bridgehead atoms. The zero-order valence-corrected chi connectivity index (χ0v) is 10.3. The number of nitrogens with two attached hydrogens (primary N) is 1. The van der Waals surface area contributed by atoms with Crippen LogP contribution in [0.25, 0.3) is 0 Å². The number of hydrogen-bond donors (Lipinski definition) is 1. The maximum absolute atomic E-state index is 5.69. The maximum atomic E-state index is 5.69. The van der Waals surface area contributed by atoms with Gasteiger partial charge in [0, 0.05) is 19.2 Å². The van der Waals surface area contributed by atoms with Gasteiger partial charge >= 0.3 is 0 Å². The number of rotatable bonds is 3. The molecule has 0 aromatic carbocycles. The molecule has 2 rings (SSSR count). The van der Waals surface area contributed by atoms with Gasteiger partial charge in [-0.3, -0.25) is 0 Å². The van der Waals surface area contributed by atoms with Gasteiger partial charge in [-0.25, -0.2) is 9.97 Å². The Balaban J connectivity index is 2.21. The van der Waals surface area contributed by atoms with E-state index in [1.165, 1.54) is 6.33 Å². The minimum absolute atomic E-state index is 0.434.